The zero-order chi connectivity index (χ0) is 15.1. The van der Waals surface area contributed by atoms with E-state index in [0.29, 0.717) is 17.3 Å². The number of aromatic nitrogens is 2. The third-order valence-corrected chi connectivity index (χ3v) is 3.20. The Morgan fingerprint density at radius 1 is 1.43 bits per heavy atom. The molecule has 1 aromatic heterocycles. The van der Waals surface area contributed by atoms with E-state index in [1.54, 1.807) is 43.7 Å². The summed E-state index contributed by atoms with van der Waals surface area (Å²) in [5.74, 6) is 0.496. The van der Waals surface area contributed by atoms with Crippen LogP contribution in [0.5, 0.6) is 5.75 Å². The first-order valence-electron chi connectivity index (χ1n) is 6.81. The zero-order valence-corrected chi connectivity index (χ0v) is 12.6. The molecule has 0 aliphatic rings. The summed E-state index contributed by atoms with van der Waals surface area (Å²) >= 11 is 5.80. The standard InChI is InChI=1S/C15H18ClN3O2/c1-12(21-14-5-3-13(16)4-6-14)15(20)18-7-2-9-19-10-8-17-11-19/h3-6,8,10-12H,2,7,9H2,1H3,(H,18,20)/t12-/m0/s1. The van der Waals surface area contributed by atoms with Crippen LogP contribution in [0.1, 0.15) is 13.3 Å². The van der Waals surface area contributed by atoms with Crippen LogP contribution in [0, 0.1) is 0 Å². The van der Waals surface area contributed by atoms with Gasteiger partial charge in [0.1, 0.15) is 5.75 Å². The number of hydrogen-bond donors (Lipinski definition) is 1. The highest BCUT2D eigenvalue weighted by atomic mass is 35.5. The Hall–Kier alpha value is -2.01. The number of hydrogen-bond acceptors (Lipinski definition) is 3. The van der Waals surface area contributed by atoms with Crippen molar-refractivity contribution in [1.29, 1.82) is 0 Å². The normalized spacial score (nSPS) is 11.9. The lowest BCUT2D eigenvalue weighted by atomic mass is 10.3. The van der Waals surface area contributed by atoms with Gasteiger partial charge in [0.15, 0.2) is 6.10 Å². The van der Waals surface area contributed by atoms with Crippen LogP contribution in [0.4, 0.5) is 0 Å². The van der Waals surface area contributed by atoms with E-state index in [4.69, 9.17) is 16.3 Å². The first-order valence-corrected chi connectivity index (χ1v) is 7.18. The van der Waals surface area contributed by atoms with Crippen molar-refractivity contribution in [3.63, 3.8) is 0 Å². The maximum absolute atomic E-state index is 11.9. The smallest absolute Gasteiger partial charge is 0.260 e. The molecular formula is C15H18ClN3O2. The van der Waals surface area contributed by atoms with Gasteiger partial charge in [-0.3, -0.25) is 4.79 Å². The van der Waals surface area contributed by atoms with Gasteiger partial charge in [0.05, 0.1) is 6.33 Å². The van der Waals surface area contributed by atoms with Crippen molar-refractivity contribution in [2.24, 2.45) is 0 Å². The average Bonchev–Trinajstić information content (AvgIpc) is 2.99. The van der Waals surface area contributed by atoms with Crippen LogP contribution >= 0.6 is 11.6 Å². The molecule has 0 spiro atoms. The molecule has 0 saturated heterocycles. The number of nitrogens with zero attached hydrogens (tertiary/aromatic N) is 2. The van der Waals surface area contributed by atoms with E-state index in [9.17, 15) is 4.79 Å². The van der Waals surface area contributed by atoms with E-state index in [1.807, 2.05) is 10.8 Å². The number of nitrogens with one attached hydrogen (secondary N) is 1. The minimum atomic E-state index is -0.542. The summed E-state index contributed by atoms with van der Waals surface area (Å²) in [5.41, 5.74) is 0. The Morgan fingerprint density at radius 2 is 2.19 bits per heavy atom. The van der Waals surface area contributed by atoms with Gasteiger partial charge in [-0.1, -0.05) is 11.6 Å². The fraction of sp³-hybridized carbons (Fsp3) is 0.333. The van der Waals surface area contributed by atoms with Crippen molar-refractivity contribution >= 4 is 17.5 Å². The van der Waals surface area contributed by atoms with E-state index >= 15 is 0 Å². The SMILES string of the molecule is C[C@H](Oc1ccc(Cl)cc1)C(=O)NCCCn1ccnc1. The van der Waals surface area contributed by atoms with Crippen LogP contribution in [0.2, 0.25) is 5.02 Å². The van der Waals surface area contributed by atoms with E-state index in [-0.39, 0.29) is 5.91 Å². The van der Waals surface area contributed by atoms with E-state index < -0.39 is 6.10 Å². The third kappa shape index (κ3) is 5.11. The molecule has 0 saturated carbocycles. The van der Waals surface area contributed by atoms with Crippen molar-refractivity contribution in [2.45, 2.75) is 26.0 Å². The number of amides is 1. The molecule has 1 aromatic carbocycles. The Kier molecular flexibility index (Phi) is 5.63. The first kappa shape index (κ1) is 15.4. The highest BCUT2D eigenvalue weighted by Crippen LogP contribution is 2.16. The highest BCUT2D eigenvalue weighted by molar-refractivity contribution is 6.30. The van der Waals surface area contributed by atoms with Crippen LogP contribution in [-0.2, 0) is 11.3 Å². The lowest BCUT2D eigenvalue weighted by Gasteiger charge is -2.14. The third-order valence-electron chi connectivity index (χ3n) is 2.95. The molecule has 1 N–H and O–H groups in total. The van der Waals surface area contributed by atoms with Gasteiger partial charge in [-0.15, -0.1) is 0 Å². The van der Waals surface area contributed by atoms with Crippen molar-refractivity contribution in [3.05, 3.63) is 48.0 Å². The number of halogens is 1. The quantitative estimate of drug-likeness (QED) is 0.800. The van der Waals surface area contributed by atoms with Crippen molar-refractivity contribution in [1.82, 2.24) is 14.9 Å². The molecule has 2 aromatic rings. The Bertz CT molecular complexity index is 555. The second-order valence-electron chi connectivity index (χ2n) is 4.66. The van der Waals surface area contributed by atoms with Gasteiger partial charge in [0, 0.05) is 30.5 Å². The first-order chi connectivity index (χ1) is 10.1. The topological polar surface area (TPSA) is 56.1 Å². The van der Waals surface area contributed by atoms with E-state index in [1.165, 1.54) is 0 Å². The van der Waals surface area contributed by atoms with E-state index in [0.717, 1.165) is 13.0 Å². The lowest BCUT2D eigenvalue weighted by molar-refractivity contribution is -0.127. The van der Waals surface area contributed by atoms with Gasteiger partial charge in [-0.05, 0) is 37.6 Å². The van der Waals surface area contributed by atoms with Gasteiger partial charge in [-0.25, -0.2) is 4.98 Å². The highest BCUT2D eigenvalue weighted by Gasteiger charge is 2.13. The van der Waals surface area contributed by atoms with Crippen LogP contribution in [-0.4, -0.2) is 28.1 Å². The van der Waals surface area contributed by atoms with Gasteiger partial charge in [0.2, 0.25) is 0 Å². The molecule has 5 nitrogen and oxygen atoms in total. The summed E-state index contributed by atoms with van der Waals surface area (Å²) in [6.45, 7) is 3.15. The molecule has 0 radical (unpaired) electrons. The maximum atomic E-state index is 11.9. The van der Waals surface area contributed by atoms with Crippen LogP contribution in [0.3, 0.4) is 0 Å². The largest absolute Gasteiger partial charge is 0.481 e. The lowest BCUT2D eigenvalue weighted by Crippen LogP contribution is -2.37. The molecule has 21 heavy (non-hydrogen) atoms. The Balaban J connectivity index is 1.68. The molecule has 0 aliphatic carbocycles. The monoisotopic (exact) mass is 307 g/mol. The molecule has 2 rings (SSSR count). The second-order valence-corrected chi connectivity index (χ2v) is 5.10. The zero-order valence-electron chi connectivity index (χ0n) is 11.8. The van der Waals surface area contributed by atoms with Crippen LogP contribution < -0.4 is 10.1 Å². The van der Waals surface area contributed by atoms with Crippen LogP contribution in [0.15, 0.2) is 43.0 Å². The van der Waals surface area contributed by atoms with Gasteiger partial charge in [0.25, 0.3) is 5.91 Å². The Morgan fingerprint density at radius 3 is 2.86 bits per heavy atom. The second kappa shape index (κ2) is 7.69. The van der Waals surface area contributed by atoms with Crippen molar-refractivity contribution in [3.8, 4) is 5.75 Å². The number of imidazole rings is 1. The maximum Gasteiger partial charge on any atom is 0.260 e. The fourth-order valence-electron chi connectivity index (χ4n) is 1.81. The minimum Gasteiger partial charge on any atom is -0.481 e. The molecular weight excluding hydrogens is 290 g/mol. The van der Waals surface area contributed by atoms with Gasteiger partial charge in [-0.2, -0.15) is 0 Å². The van der Waals surface area contributed by atoms with Gasteiger partial charge >= 0.3 is 0 Å². The number of carbonyl (C=O) groups excluding carboxylic acids is 1. The molecule has 6 heteroatoms. The minimum absolute atomic E-state index is 0.129. The summed E-state index contributed by atoms with van der Waals surface area (Å²) in [6.07, 6.45) is 5.69. The molecule has 0 fully saturated rings. The van der Waals surface area contributed by atoms with Crippen LogP contribution in [0.25, 0.3) is 0 Å². The number of carbonyl (C=O) groups is 1. The molecule has 1 heterocycles. The number of ether oxygens (including phenoxy) is 1. The fourth-order valence-corrected chi connectivity index (χ4v) is 1.93. The summed E-state index contributed by atoms with van der Waals surface area (Å²) in [4.78, 5) is 15.9. The molecule has 1 amide bonds. The van der Waals surface area contributed by atoms with Gasteiger partial charge < -0.3 is 14.6 Å². The summed E-state index contributed by atoms with van der Waals surface area (Å²) in [7, 11) is 0. The Labute approximate surface area is 128 Å². The predicted octanol–water partition coefficient (Wildman–Crippen LogP) is 2.51. The summed E-state index contributed by atoms with van der Waals surface area (Å²) in [6, 6.07) is 6.94. The molecule has 0 aliphatic heterocycles. The molecule has 1 atom stereocenters. The molecule has 0 unspecified atom stereocenters. The average molecular weight is 308 g/mol. The number of aryl methyl sites for hydroxylation is 1. The van der Waals surface area contributed by atoms with Crippen molar-refractivity contribution < 1.29 is 9.53 Å². The molecule has 0 bridgehead atoms. The summed E-state index contributed by atoms with van der Waals surface area (Å²) < 4.78 is 7.52. The van der Waals surface area contributed by atoms with E-state index in [2.05, 4.69) is 10.3 Å². The molecule has 112 valence electrons. The predicted molar refractivity (Wildman–Crippen MR) is 81.4 cm³/mol. The number of rotatable bonds is 7. The number of benzene rings is 1. The van der Waals surface area contributed by atoms with Crippen molar-refractivity contribution in [2.75, 3.05) is 6.54 Å². The summed E-state index contributed by atoms with van der Waals surface area (Å²) in [5, 5.41) is 3.49.